The quantitative estimate of drug-likeness (QED) is 0.425. The zero-order chi connectivity index (χ0) is 31.7. The number of rotatable bonds is 6. The van der Waals surface area contributed by atoms with Crippen molar-refractivity contribution in [3.63, 3.8) is 0 Å². The molecule has 0 amide bonds. The normalized spacial score (nSPS) is 41.9. The molecule has 1 saturated heterocycles. The number of Topliss-reactive ketones (excluding diaryl/α,β-unsaturated/α-hetero) is 1. The third-order valence-electron chi connectivity index (χ3n) is 13.6. The van der Waals surface area contributed by atoms with Crippen LogP contribution in [0.2, 0.25) is 0 Å². The van der Waals surface area contributed by atoms with Crippen LogP contribution in [0.5, 0.6) is 0 Å². The van der Waals surface area contributed by atoms with Gasteiger partial charge in [0, 0.05) is 43.1 Å². The van der Waals surface area contributed by atoms with Crippen molar-refractivity contribution in [2.24, 2.45) is 51.6 Å². The molecule has 8 atom stereocenters. The van der Waals surface area contributed by atoms with Crippen molar-refractivity contribution in [3.8, 4) is 0 Å². The maximum absolute atomic E-state index is 14.4. The van der Waals surface area contributed by atoms with Gasteiger partial charge < -0.3 is 20.5 Å². The number of esters is 1. The third kappa shape index (κ3) is 4.86. The van der Waals surface area contributed by atoms with E-state index in [0.717, 1.165) is 56.3 Å². The number of ether oxygens (including phenoxy) is 1. The predicted molar refractivity (Wildman–Crippen MR) is 173 cm³/mol. The maximum atomic E-state index is 14.4. The van der Waals surface area contributed by atoms with Crippen LogP contribution in [-0.4, -0.2) is 54.5 Å². The molecular weight excluding hydrogens is 564 g/mol. The van der Waals surface area contributed by atoms with Crippen LogP contribution in [0.4, 0.5) is 5.69 Å². The zero-order valence-corrected chi connectivity index (χ0v) is 27.2. The lowest BCUT2D eigenvalue weighted by Gasteiger charge is -2.60. The van der Waals surface area contributed by atoms with Gasteiger partial charge in [0.15, 0.2) is 18.2 Å². The summed E-state index contributed by atoms with van der Waals surface area (Å²) in [6.45, 7) is 6.94. The zero-order valence-electron chi connectivity index (χ0n) is 27.2. The molecule has 0 spiro atoms. The minimum absolute atomic E-state index is 0.00117. The number of aliphatic hydroxyl groups is 1. The van der Waals surface area contributed by atoms with E-state index in [1.54, 1.807) is 12.2 Å². The fourth-order valence-corrected chi connectivity index (χ4v) is 11.5. The summed E-state index contributed by atoms with van der Waals surface area (Å²) < 4.78 is 5.38. The van der Waals surface area contributed by atoms with Crippen LogP contribution < -0.4 is 10.6 Å². The van der Waals surface area contributed by atoms with E-state index in [1.807, 2.05) is 6.08 Å². The van der Waals surface area contributed by atoms with Gasteiger partial charge in [0.2, 0.25) is 0 Å². The highest BCUT2D eigenvalue weighted by molar-refractivity contribution is 6.01. The van der Waals surface area contributed by atoms with Gasteiger partial charge in [-0.25, -0.2) is 0 Å². The van der Waals surface area contributed by atoms with Gasteiger partial charge in [-0.3, -0.25) is 14.4 Å². The summed E-state index contributed by atoms with van der Waals surface area (Å²) in [6, 6.07) is 9.29. The Labute approximate surface area is 267 Å². The molecule has 7 rings (SSSR count). The average molecular weight is 615 g/mol. The number of nitrogens with zero attached hydrogens (tertiary/aromatic N) is 1. The van der Waals surface area contributed by atoms with E-state index in [0.29, 0.717) is 24.9 Å². The van der Waals surface area contributed by atoms with Gasteiger partial charge >= 0.3 is 5.97 Å². The molecule has 0 aromatic heterocycles. The molecule has 6 aliphatic rings. The van der Waals surface area contributed by atoms with Crippen LogP contribution >= 0.6 is 0 Å². The first-order chi connectivity index (χ1) is 21.4. The van der Waals surface area contributed by atoms with E-state index in [1.165, 1.54) is 25.3 Å². The molecule has 7 nitrogen and oxygen atoms in total. The van der Waals surface area contributed by atoms with Crippen molar-refractivity contribution in [1.82, 2.24) is 0 Å². The monoisotopic (exact) mass is 614 g/mol. The van der Waals surface area contributed by atoms with E-state index in [4.69, 9.17) is 10.5 Å². The Hall–Kier alpha value is -2.77. The van der Waals surface area contributed by atoms with Gasteiger partial charge in [-0.15, -0.1) is 0 Å². The number of allylic oxidation sites excluding steroid dienone is 4. The Morgan fingerprint density at radius 3 is 2.53 bits per heavy atom. The third-order valence-corrected chi connectivity index (χ3v) is 13.6. The number of ketones is 2. The number of carbonyl (C=O) groups excluding carboxylic acids is 3. The van der Waals surface area contributed by atoms with Crippen LogP contribution in [0, 0.1) is 45.8 Å². The Morgan fingerprint density at radius 1 is 1.09 bits per heavy atom. The number of fused-ring (bicyclic) bond motifs is 7. The second kappa shape index (κ2) is 11.2. The number of aliphatic hydroxyl groups excluding tert-OH is 1. The van der Waals surface area contributed by atoms with Gasteiger partial charge in [0.1, 0.15) is 0 Å². The van der Waals surface area contributed by atoms with Crippen molar-refractivity contribution in [2.45, 2.75) is 90.7 Å². The van der Waals surface area contributed by atoms with E-state index in [-0.39, 0.29) is 47.3 Å². The highest BCUT2D eigenvalue weighted by atomic mass is 16.5. The molecular formula is C38H50N2O5. The first kappa shape index (κ1) is 30.9. The summed E-state index contributed by atoms with van der Waals surface area (Å²) in [6.07, 6.45) is 13.8. The summed E-state index contributed by atoms with van der Waals surface area (Å²) in [5.41, 5.74) is 8.25. The Kier molecular flexibility index (Phi) is 7.67. The molecule has 0 bridgehead atoms. The van der Waals surface area contributed by atoms with Gasteiger partial charge in [-0.2, -0.15) is 0 Å². The standard InChI is InChI=1S/C38H50N2O5/c1-23(41)45-21-34(44)38-22-40(29-11-6-25(7-12-29)16-24-4-9-28(39)10-5-24)20-27(38)18-32-31-13-8-26-17-30(42)14-15-36(26,2)35(31)33(43)19-37(32,38)3/h6-7,11-12,14-15,17,24,27-28,31-33,35,43H,4-5,8-10,13,16,18-22,39H2,1-3H3/t24?,27-,28?,31?,32-,33-,35+,36-,37-,38+/m0/s1. The number of hydrogen-bond acceptors (Lipinski definition) is 7. The molecule has 1 unspecified atom stereocenters. The molecule has 7 heteroatoms. The summed E-state index contributed by atoms with van der Waals surface area (Å²) in [4.78, 5) is 40.9. The topological polar surface area (TPSA) is 110 Å². The summed E-state index contributed by atoms with van der Waals surface area (Å²) in [5.74, 6) is 0.944. The highest BCUT2D eigenvalue weighted by Crippen LogP contribution is 2.72. The van der Waals surface area contributed by atoms with Crippen molar-refractivity contribution in [1.29, 1.82) is 0 Å². The summed E-state index contributed by atoms with van der Waals surface area (Å²) in [5, 5.41) is 12.0. The van der Waals surface area contributed by atoms with E-state index in [2.05, 4.69) is 43.0 Å². The minimum Gasteiger partial charge on any atom is -0.458 e. The van der Waals surface area contributed by atoms with Crippen LogP contribution in [0.25, 0.3) is 0 Å². The second-order valence-electron chi connectivity index (χ2n) is 15.9. The molecule has 4 saturated carbocycles. The van der Waals surface area contributed by atoms with Crippen molar-refractivity contribution in [3.05, 3.63) is 53.6 Å². The van der Waals surface area contributed by atoms with Crippen LogP contribution in [0.1, 0.15) is 77.7 Å². The molecule has 45 heavy (non-hydrogen) atoms. The molecule has 1 aliphatic heterocycles. The molecule has 1 aromatic rings. The smallest absolute Gasteiger partial charge is 0.303 e. The molecule has 0 radical (unpaired) electrons. The first-order valence-corrected chi connectivity index (χ1v) is 17.3. The largest absolute Gasteiger partial charge is 0.458 e. The summed E-state index contributed by atoms with van der Waals surface area (Å²) >= 11 is 0. The van der Waals surface area contributed by atoms with E-state index < -0.39 is 22.9 Å². The molecule has 1 heterocycles. The van der Waals surface area contributed by atoms with Gasteiger partial charge in [0.25, 0.3) is 0 Å². The van der Waals surface area contributed by atoms with Crippen molar-refractivity contribution >= 4 is 23.2 Å². The Balaban J connectivity index is 1.17. The van der Waals surface area contributed by atoms with Gasteiger partial charge in [-0.1, -0.05) is 37.6 Å². The minimum atomic E-state index is -0.714. The molecule has 5 fully saturated rings. The van der Waals surface area contributed by atoms with Gasteiger partial charge in [0.05, 0.1) is 11.5 Å². The van der Waals surface area contributed by atoms with Crippen molar-refractivity contribution in [2.75, 3.05) is 24.6 Å². The number of carbonyl (C=O) groups is 3. The second-order valence-corrected chi connectivity index (χ2v) is 15.9. The fraction of sp³-hybridized carbons (Fsp3) is 0.658. The van der Waals surface area contributed by atoms with Crippen molar-refractivity contribution < 1.29 is 24.2 Å². The first-order valence-electron chi connectivity index (χ1n) is 17.3. The van der Waals surface area contributed by atoms with Crippen LogP contribution in [0.3, 0.4) is 0 Å². The molecule has 5 aliphatic carbocycles. The number of anilines is 1. The number of nitrogens with two attached hydrogens (primary N) is 1. The molecule has 3 N–H and O–H groups in total. The highest BCUT2D eigenvalue weighted by Gasteiger charge is 2.73. The SMILES string of the molecule is CC(=O)OCC(=O)[C@@]12CN(c3ccc(CC4CCC(N)CC4)cc3)C[C@@H]1C[C@H]1C3CCC4=CC(=O)C=C[C@]4(C)[C@H]3[C@@H](O)C[C@@]12C. The number of hydrogen-bond donors (Lipinski definition) is 2. The Morgan fingerprint density at radius 2 is 1.82 bits per heavy atom. The van der Waals surface area contributed by atoms with Crippen LogP contribution in [-0.2, 0) is 25.5 Å². The summed E-state index contributed by atoms with van der Waals surface area (Å²) in [7, 11) is 0. The molecule has 1 aromatic carbocycles. The maximum Gasteiger partial charge on any atom is 0.303 e. The van der Waals surface area contributed by atoms with Crippen LogP contribution in [0.15, 0.2) is 48.1 Å². The van der Waals surface area contributed by atoms with E-state index >= 15 is 0 Å². The predicted octanol–water partition coefficient (Wildman–Crippen LogP) is 5.19. The molecule has 242 valence electrons. The van der Waals surface area contributed by atoms with Gasteiger partial charge in [-0.05, 0) is 117 Å². The lowest BCUT2D eigenvalue weighted by atomic mass is 9.44. The number of benzene rings is 1. The fourth-order valence-electron chi connectivity index (χ4n) is 11.5. The lowest BCUT2D eigenvalue weighted by Crippen LogP contribution is -2.60. The van der Waals surface area contributed by atoms with E-state index in [9.17, 15) is 19.5 Å². The average Bonchev–Trinajstić information content (AvgIpc) is 3.50. The lowest BCUT2D eigenvalue weighted by molar-refractivity contribution is -0.163. The Bertz CT molecular complexity index is 1430.